The number of methoxy groups -OCH3 is 1. The van der Waals surface area contributed by atoms with Gasteiger partial charge in [-0.15, -0.1) is 10.2 Å². The zero-order valence-electron chi connectivity index (χ0n) is 16.8. The molecule has 30 heavy (non-hydrogen) atoms. The van der Waals surface area contributed by atoms with Crippen molar-refractivity contribution in [1.82, 2.24) is 14.5 Å². The van der Waals surface area contributed by atoms with Gasteiger partial charge in [0.05, 0.1) is 7.11 Å². The molecule has 0 aliphatic carbocycles. The number of rotatable bonds is 8. The molecule has 1 aliphatic heterocycles. The average molecular weight is 469 g/mol. The number of nitrogens with zero attached hydrogens (tertiary/aromatic N) is 3. The third-order valence-corrected chi connectivity index (χ3v) is 8.23. The summed E-state index contributed by atoms with van der Waals surface area (Å²) in [6, 6.07) is 4.85. The maximum Gasteiger partial charge on any atom is 0.250 e. The molecule has 0 unspecified atom stereocenters. The minimum absolute atomic E-state index is 0.111. The number of hydrogen-bond acceptors (Lipinski definition) is 8. The molecule has 0 radical (unpaired) electrons. The number of benzene rings is 1. The zero-order chi connectivity index (χ0) is 21.6. The van der Waals surface area contributed by atoms with Crippen LogP contribution in [-0.2, 0) is 14.8 Å². The van der Waals surface area contributed by atoms with Crippen LogP contribution in [0.5, 0.6) is 5.75 Å². The van der Waals surface area contributed by atoms with Crippen LogP contribution in [0.4, 0.5) is 5.13 Å². The van der Waals surface area contributed by atoms with Crippen molar-refractivity contribution in [2.75, 3.05) is 31.3 Å². The summed E-state index contributed by atoms with van der Waals surface area (Å²) in [6.07, 6.45) is 5.64. The molecule has 0 bridgehead atoms. The third kappa shape index (κ3) is 5.60. The first-order valence-electron chi connectivity index (χ1n) is 9.57. The van der Waals surface area contributed by atoms with E-state index in [-0.39, 0.29) is 16.6 Å². The third-order valence-electron chi connectivity index (χ3n) is 4.45. The Morgan fingerprint density at radius 1 is 1.30 bits per heavy atom. The van der Waals surface area contributed by atoms with Crippen LogP contribution < -0.4 is 10.1 Å². The molecular formula is C19H24N4O4S3. The Kier molecular flexibility index (Phi) is 7.87. The number of piperidine rings is 1. The van der Waals surface area contributed by atoms with Crippen molar-refractivity contribution in [1.29, 1.82) is 0 Å². The summed E-state index contributed by atoms with van der Waals surface area (Å²) in [5.74, 6) is 0.801. The van der Waals surface area contributed by atoms with Crippen LogP contribution in [0.1, 0.15) is 31.7 Å². The van der Waals surface area contributed by atoms with Crippen LogP contribution in [0.15, 0.2) is 33.5 Å². The molecule has 2 heterocycles. The summed E-state index contributed by atoms with van der Waals surface area (Å²) in [4.78, 5) is 12.3. The van der Waals surface area contributed by atoms with Crippen molar-refractivity contribution in [2.24, 2.45) is 0 Å². The van der Waals surface area contributed by atoms with Gasteiger partial charge in [0, 0.05) is 19.2 Å². The minimum Gasteiger partial charge on any atom is -0.495 e. The SMILES string of the molecule is CCSc1nnc(NC(=O)/C=C/c2ccc(OC)c(S(=O)(=O)N3CCCCC3)c2)s1. The van der Waals surface area contributed by atoms with Crippen LogP contribution in [-0.4, -0.2) is 54.8 Å². The zero-order valence-corrected chi connectivity index (χ0v) is 19.3. The number of ether oxygens (including phenoxy) is 1. The smallest absolute Gasteiger partial charge is 0.250 e. The first-order chi connectivity index (χ1) is 14.4. The van der Waals surface area contributed by atoms with E-state index in [1.54, 1.807) is 30.0 Å². The van der Waals surface area contributed by atoms with Gasteiger partial charge >= 0.3 is 0 Å². The van der Waals surface area contributed by atoms with Crippen molar-refractivity contribution in [3.05, 3.63) is 29.8 Å². The molecule has 0 spiro atoms. The highest BCUT2D eigenvalue weighted by atomic mass is 32.2. The number of amides is 1. The topological polar surface area (TPSA) is 101 Å². The molecule has 1 fully saturated rings. The first-order valence-corrected chi connectivity index (χ1v) is 12.8. The number of hydrogen-bond donors (Lipinski definition) is 1. The Morgan fingerprint density at radius 3 is 2.77 bits per heavy atom. The largest absolute Gasteiger partial charge is 0.495 e. The number of anilines is 1. The van der Waals surface area contributed by atoms with Crippen LogP contribution >= 0.6 is 23.1 Å². The Hall–Kier alpha value is -1.95. The molecule has 0 saturated carbocycles. The van der Waals surface area contributed by atoms with E-state index >= 15 is 0 Å². The van der Waals surface area contributed by atoms with E-state index in [0.717, 1.165) is 29.4 Å². The van der Waals surface area contributed by atoms with Gasteiger partial charge in [0.15, 0.2) is 4.34 Å². The molecule has 1 aliphatic rings. The maximum atomic E-state index is 13.1. The number of sulfonamides is 1. The molecular weight excluding hydrogens is 444 g/mol. The molecule has 11 heteroatoms. The predicted molar refractivity (Wildman–Crippen MR) is 120 cm³/mol. The molecule has 2 aromatic rings. The van der Waals surface area contributed by atoms with Crippen molar-refractivity contribution in [2.45, 2.75) is 35.4 Å². The molecule has 1 saturated heterocycles. The number of carbonyl (C=O) groups is 1. The predicted octanol–water partition coefficient (Wildman–Crippen LogP) is 3.49. The summed E-state index contributed by atoms with van der Waals surface area (Å²) in [5, 5.41) is 11.0. The number of carbonyl (C=O) groups excluding carboxylic acids is 1. The molecule has 162 valence electrons. The second-order valence-electron chi connectivity index (χ2n) is 6.50. The molecule has 1 N–H and O–H groups in total. The second kappa shape index (κ2) is 10.4. The van der Waals surface area contributed by atoms with Gasteiger partial charge in [-0.3, -0.25) is 10.1 Å². The van der Waals surface area contributed by atoms with Gasteiger partial charge in [-0.25, -0.2) is 8.42 Å². The lowest BCUT2D eigenvalue weighted by Gasteiger charge is -2.26. The van der Waals surface area contributed by atoms with Gasteiger partial charge in [-0.1, -0.05) is 42.5 Å². The average Bonchev–Trinajstić information content (AvgIpc) is 3.19. The van der Waals surface area contributed by atoms with Crippen molar-refractivity contribution in [3.8, 4) is 5.75 Å². The summed E-state index contributed by atoms with van der Waals surface area (Å²) < 4.78 is 33.7. The van der Waals surface area contributed by atoms with E-state index in [0.29, 0.717) is 23.8 Å². The molecule has 3 rings (SSSR count). The standard InChI is InChI=1S/C19H24N4O4S3/c1-3-28-19-22-21-18(29-19)20-17(24)10-8-14-7-9-15(27-2)16(13-14)30(25,26)23-11-5-4-6-12-23/h7-10,13H,3-6,11-12H2,1-2H3,(H,20,21,24)/b10-8+. The fraction of sp³-hybridized carbons (Fsp3) is 0.421. The highest BCUT2D eigenvalue weighted by molar-refractivity contribution is 8.01. The summed E-state index contributed by atoms with van der Waals surface area (Å²) in [6.45, 7) is 3.03. The summed E-state index contributed by atoms with van der Waals surface area (Å²) in [7, 11) is -2.22. The molecule has 1 amide bonds. The highest BCUT2D eigenvalue weighted by Crippen LogP contribution is 2.30. The summed E-state index contributed by atoms with van der Waals surface area (Å²) in [5.41, 5.74) is 0.584. The van der Waals surface area contributed by atoms with Gasteiger partial charge in [0.2, 0.25) is 21.1 Å². The van der Waals surface area contributed by atoms with E-state index in [1.807, 2.05) is 6.92 Å². The Labute approximate surface area is 184 Å². The molecule has 0 atom stereocenters. The van der Waals surface area contributed by atoms with Gasteiger partial charge in [-0.2, -0.15) is 4.31 Å². The van der Waals surface area contributed by atoms with Crippen molar-refractivity contribution in [3.63, 3.8) is 0 Å². The highest BCUT2D eigenvalue weighted by Gasteiger charge is 2.29. The normalized spacial score (nSPS) is 15.4. The Bertz CT molecular complexity index is 1010. The second-order valence-corrected chi connectivity index (χ2v) is 10.9. The van der Waals surface area contributed by atoms with Crippen LogP contribution in [0.25, 0.3) is 6.08 Å². The fourth-order valence-electron chi connectivity index (χ4n) is 3.00. The van der Waals surface area contributed by atoms with E-state index in [9.17, 15) is 13.2 Å². The van der Waals surface area contributed by atoms with Gasteiger partial charge in [0.25, 0.3) is 0 Å². The van der Waals surface area contributed by atoms with E-state index < -0.39 is 10.0 Å². The molecule has 1 aromatic heterocycles. The quantitative estimate of drug-likeness (QED) is 0.359. The lowest BCUT2D eigenvalue weighted by Crippen LogP contribution is -2.35. The first kappa shape index (κ1) is 22.7. The van der Waals surface area contributed by atoms with Gasteiger partial charge in [0.1, 0.15) is 10.6 Å². The van der Waals surface area contributed by atoms with Gasteiger partial charge < -0.3 is 4.74 Å². The monoisotopic (exact) mass is 468 g/mol. The number of aromatic nitrogens is 2. The van der Waals surface area contributed by atoms with Crippen molar-refractivity contribution >= 4 is 50.2 Å². The molecule has 8 nitrogen and oxygen atoms in total. The van der Waals surface area contributed by atoms with E-state index in [2.05, 4.69) is 15.5 Å². The fourth-order valence-corrected chi connectivity index (χ4v) is 6.36. The lowest BCUT2D eigenvalue weighted by molar-refractivity contribution is -0.111. The van der Waals surface area contributed by atoms with Crippen LogP contribution in [0.2, 0.25) is 0 Å². The lowest BCUT2D eigenvalue weighted by atomic mass is 10.2. The van der Waals surface area contributed by atoms with Crippen LogP contribution in [0.3, 0.4) is 0 Å². The number of nitrogens with one attached hydrogen (secondary N) is 1. The Balaban J connectivity index is 1.75. The van der Waals surface area contributed by atoms with E-state index in [4.69, 9.17) is 4.74 Å². The number of thioether (sulfide) groups is 1. The minimum atomic E-state index is -3.66. The van der Waals surface area contributed by atoms with Gasteiger partial charge in [-0.05, 0) is 42.4 Å². The summed E-state index contributed by atoms with van der Waals surface area (Å²) >= 11 is 2.86. The maximum absolute atomic E-state index is 13.1. The van der Waals surface area contributed by atoms with Crippen molar-refractivity contribution < 1.29 is 17.9 Å². The Morgan fingerprint density at radius 2 is 2.07 bits per heavy atom. The van der Waals surface area contributed by atoms with Crippen LogP contribution in [0, 0.1) is 0 Å². The molecule has 1 aromatic carbocycles. The van der Waals surface area contributed by atoms with E-state index in [1.165, 1.54) is 34.9 Å².